The SMILES string of the molecule is COc1cccc(NC(=O)c2ccc(C)cc2)c1F. The molecule has 2 aromatic carbocycles. The first-order chi connectivity index (χ1) is 9.11. The topological polar surface area (TPSA) is 38.3 Å². The monoisotopic (exact) mass is 259 g/mol. The van der Waals surface area contributed by atoms with Crippen LogP contribution in [0.5, 0.6) is 5.75 Å². The van der Waals surface area contributed by atoms with Gasteiger partial charge in [0.05, 0.1) is 12.8 Å². The summed E-state index contributed by atoms with van der Waals surface area (Å²) in [6.45, 7) is 1.93. The highest BCUT2D eigenvalue weighted by atomic mass is 19.1. The van der Waals surface area contributed by atoms with Crippen LogP contribution in [-0.4, -0.2) is 13.0 Å². The molecule has 0 atom stereocenters. The minimum atomic E-state index is -0.578. The maximum atomic E-state index is 13.9. The van der Waals surface area contributed by atoms with Crippen LogP contribution >= 0.6 is 0 Å². The number of hydrogen-bond acceptors (Lipinski definition) is 2. The normalized spacial score (nSPS) is 10.1. The molecule has 98 valence electrons. The Kier molecular flexibility index (Phi) is 3.80. The summed E-state index contributed by atoms with van der Waals surface area (Å²) in [6, 6.07) is 11.7. The molecule has 0 aliphatic heterocycles. The molecular formula is C15H14FNO2. The molecular weight excluding hydrogens is 245 g/mol. The molecule has 3 nitrogen and oxygen atoms in total. The van der Waals surface area contributed by atoms with Crippen molar-refractivity contribution in [3.8, 4) is 5.75 Å². The van der Waals surface area contributed by atoms with E-state index in [2.05, 4.69) is 5.32 Å². The van der Waals surface area contributed by atoms with E-state index in [1.807, 2.05) is 19.1 Å². The predicted octanol–water partition coefficient (Wildman–Crippen LogP) is 3.40. The summed E-state index contributed by atoms with van der Waals surface area (Å²) in [5, 5.41) is 2.53. The van der Waals surface area contributed by atoms with Crippen molar-refractivity contribution >= 4 is 11.6 Å². The quantitative estimate of drug-likeness (QED) is 0.917. The number of benzene rings is 2. The van der Waals surface area contributed by atoms with Gasteiger partial charge in [-0.3, -0.25) is 4.79 Å². The van der Waals surface area contributed by atoms with Crippen molar-refractivity contribution in [2.24, 2.45) is 0 Å². The van der Waals surface area contributed by atoms with E-state index in [0.717, 1.165) is 5.56 Å². The molecule has 0 bridgehead atoms. The number of halogens is 1. The molecule has 2 rings (SSSR count). The lowest BCUT2D eigenvalue weighted by Crippen LogP contribution is -2.13. The summed E-state index contributed by atoms with van der Waals surface area (Å²) in [4.78, 5) is 12.0. The number of nitrogens with one attached hydrogen (secondary N) is 1. The van der Waals surface area contributed by atoms with Crippen LogP contribution in [0.15, 0.2) is 42.5 Å². The summed E-state index contributed by atoms with van der Waals surface area (Å²) in [5.74, 6) is -0.834. The maximum Gasteiger partial charge on any atom is 0.255 e. The number of carbonyl (C=O) groups excluding carboxylic acids is 1. The van der Waals surface area contributed by atoms with Gasteiger partial charge < -0.3 is 10.1 Å². The molecule has 4 heteroatoms. The molecule has 0 unspecified atom stereocenters. The first kappa shape index (κ1) is 13.1. The van der Waals surface area contributed by atoms with Crippen molar-refractivity contribution in [2.75, 3.05) is 12.4 Å². The fraction of sp³-hybridized carbons (Fsp3) is 0.133. The molecule has 0 aliphatic carbocycles. The minimum absolute atomic E-state index is 0.0988. The van der Waals surface area contributed by atoms with Gasteiger partial charge in [-0.2, -0.15) is 0 Å². The standard InChI is InChI=1S/C15H14FNO2/c1-10-6-8-11(9-7-10)15(18)17-12-4-3-5-13(19-2)14(12)16/h3-9H,1-2H3,(H,17,18). The average molecular weight is 259 g/mol. The van der Waals surface area contributed by atoms with Gasteiger partial charge in [-0.15, -0.1) is 0 Å². The van der Waals surface area contributed by atoms with Crippen LogP contribution in [0.25, 0.3) is 0 Å². The van der Waals surface area contributed by atoms with Crippen LogP contribution in [0.2, 0.25) is 0 Å². The lowest BCUT2D eigenvalue weighted by Gasteiger charge is -2.09. The van der Waals surface area contributed by atoms with Crippen molar-refractivity contribution in [3.63, 3.8) is 0 Å². The van der Waals surface area contributed by atoms with E-state index in [1.54, 1.807) is 18.2 Å². The molecule has 1 amide bonds. The van der Waals surface area contributed by atoms with Crippen LogP contribution < -0.4 is 10.1 Å². The zero-order valence-electron chi connectivity index (χ0n) is 10.7. The molecule has 0 aromatic heterocycles. The number of aryl methyl sites for hydroxylation is 1. The van der Waals surface area contributed by atoms with Gasteiger partial charge in [0.1, 0.15) is 0 Å². The van der Waals surface area contributed by atoms with Gasteiger partial charge in [-0.1, -0.05) is 23.8 Å². The molecule has 0 fully saturated rings. The Bertz CT molecular complexity index is 594. The van der Waals surface area contributed by atoms with Gasteiger partial charge >= 0.3 is 0 Å². The second-order valence-electron chi connectivity index (χ2n) is 4.14. The van der Waals surface area contributed by atoms with Crippen LogP contribution in [-0.2, 0) is 0 Å². The fourth-order valence-electron chi connectivity index (χ4n) is 1.66. The second-order valence-corrected chi connectivity index (χ2v) is 4.14. The molecule has 0 saturated heterocycles. The Morgan fingerprint density at radius 3 is 2.47 bits per heavy atom. The lowest BCUT2D eigenvalue weighted by atomic mass is 10.1. The van der Waals surface area contributed by atoms with E-state index in [-0.39, 0.29) is 17.3 Å². The number of methoxy groups -OCH3 is 1. The molecule has 19 heavy (non-hydrogen) atoms. The van der Waals surface area contributed by atoms with Gasteiger partial charge in [0, 0.05) is 5.56 Å². The Labute approximate surface area is 111 Å². The Morgan fingerprint density at radius 1 is 1.16 bits per heavy atom. The number of hydrogen-bond donors (Lipinski definition) is 1. The highest BCUT2D eigenvalue weighted by Gasteiger charge is 2.12. The molecule has 0 heterocycles. The first-order valence-electron chi connectivity index (χ1n) is 5.82. The molecule has 0 aliphatic rings. The van der Waals surface area contributed by atoms with E-state index in [4.69, 9.17) is 4.74 Å². The number of carbonyl (C=O) groups is 1. The smallest absolute Gasteiger partial charge is 0.255 e. The molecule has 0 saturated carbocycles. The molecule has 0 spiro atoms. The van der Waals surface area contributed by atoms with Gasteiger partial charge in [-0.05, 0) is 31.2 Å². The number of rotatable bonds is 3. The molecule has 2 aromatic rings. The molecule has 1 N–H and O–H groups in total. The zero-order valence-corrected chi connectivity index (χ0v) is 10.7. The van der Waals surface area contributed by atoms with Crippen molar-refractivity contribution in [3.05, 3.63) is 59.4 Å². The van der Waals surface area contributed by atoms with Crippen molar-refractivity contribution in [1.82, 2.24) is 0 Å². The van der Waals surface area contributed by atoms with E-state index in [9.17, 15) is 9.18 Å². The van der Waals surface area contributed by atoms with Gasteiger partial charge in [0.15, 0.2) is 11.6 Å². The zero-order chi connectivity index (χ0) is 13.8. The number of anilines is 1. The van der Waals surface area contributed by atoms with E-state index < -0.39 is 5.82 Å². The van der Waals surface area contributed by atoms with E-state index in [0.29, 0.717) is 5.56 Å². The minimum Gasteiger partial charge on any atom is -0.494 e. The summed E-state index contributed by atoms with van der Waals surface area (Å²) in [7, 11) is 1.38. The number of ether oxygens (including phenoxy) is 1. The van der Waals surface area contributed by atoms with Crippen LogP contribution in [0, 0.1) is 12.7 Å². The summed E-state index contributed by atoms with van der Waals surface area (Å²) in [5.41, 5.74) is 1.64. The molecule has 0 radical (unpaired) electrons. The summed E-state index contributed by atoms with van der Waals surface area (Å²) in [6.07, 6.45) is 0. The Hall–Kier alpha value is -2.36. The van der Waals surface area contributed by atoms with Crippen molar-refractivity contribution in [2.45, 2.75) is 6.92 Å². The third-order valence-corrected chi connectivity index (χ3v) is 2.75. The van der Waals surface area contributed by atoms with Gasteiger partial charge in [0.2, 0.25) is 0 Å². The largest absolute Gasteiger partial charge is 0.494 e. The van der Waals surface area contributed by atoms with E-state index in [1.165, 1.54) is 19.2 Å². The average Bonchev–Trinajstić information content (AvgIpc) is 2.42. The lowest BCUT2D eigenvalue weighted by molar-refractivity contribution is 0.102. The van der Waals surface area contributed by atoms with Crippen LogP contribution in [0.4, 0.5) is 10.1 Å². The third kappa shape index (κ3) is 2.91. The third-order valence-electron chi connectivity index (χ3n) is 2.75. The highest BCUT2D eigenvalue weighted by molar-refractivity contribution is 6.04. The van der Waals surface area contributed by atoms with E-state index >= 15 is 0 Å². The Morgan fingerprint density at radius 2 is 1.84 bits per heavy atom. The second kappa shape index (κ2) is 5.52. The number of amides is 1. The first-order valence-corrected chi connectivity index (χ1v) is 5.82. The summed E-state index contributed by atoms with van der Waals surface area (Å²) < 4.78 is 18.7. The van der Waals surface area contributed by atoms with Crippen molar-refractivity contribution in [1.29, 1.82) is 0 Å². The maximum absolute atomic E-state index is 13.9. The highest BCUT2D eigenvalue weighted by Crippen LogP contribution is 2.24. The summed E-state index contributed by atoms with van der Waals surface area (Å²) >= 11 is 0. The predicted molar refractivity (Wildman–Crippen MR) is 72.1 cm³/mol. The van der Waals surface area contributed by atoms with Gasteiger partial charge in [-0.25, -0.2) is 4.39 Å². The fourth-order valence-corrected chi connectivity index (χ4v) is 1.66. The van der Waals surface area contributed by atoms with Crippen molar-refractivity contribution < 1.29 is 13.9 Å². The van der Waals surface area contributed by atoms with Crippen LogP contribution in [0.3, 0.4) is 0 Å². The van der Waals surface area contributed by atoms with Gasteiger partial charge in [0.25, 0.3) is 5.91 Å². The van der Waals surface area contributed by atoms with Crippen LogP contribution in [0.1, 0.15) is 15.9 Å². The Balaban J connectivity index is 2.21.